The van der Waals surface area contributed by atoms with E-state index in [1.54, 1.807) is 18.1 Å². The summed E-state index contributed by atoms with van der Waals surface area (Å²) < 4.78 is 3.51. The molecule has 0 spiro atoms. The van der Waals surface area contributed by atoms with E-state index in [1.807, 2.05) is 0 Å². The molecule has 0 atom stereocenters. The van der Waals surface area contributed by atoms with Gasteiger partial charge in [-0.05, 0) is 0 Å². The van der Waals surface area contributed by atoms with Crippen LogP contribution in [0.4, 0.5) is 0 Å². The van der Waals surface area contributed by atoms with E-state index >= 15 is 0 Å². The van der Waals surface area contributed by atoms with Crippen LogP contribution in [0.1, 0.15) is 44.7 Å². The van der Waals surface area contributed by atoms with Crippen molar-refractivity contribution >= 4 is 32.3 Å². The first-order valence-corrected chi connectivity index (χ1v) is 18.7. The molecule has 2 aromatic rings. The van der Waals surface area contributed by atoms with Gasteiger partial charge in [0.15, 0.2) is 0 Å². The van der Waals surface area contributed by atoms with Crippen molar-refractivity contribution < 1.29 is 0 Å². The Labute approximate surface area is 164 Å². The van der Waals surface area contributed by atoms with E-state index in [2.05, 4.69) is 91.3 Å². The van der Waals surface area contributed by atoms with E-state index in [9.17, 15) is 0 Å². The van der Waals surface area contributed by atoms with Crippen LogP contribution in [0.25, 0.3) is 7.18 Å². The summed E-state index contributed by atoms with van der Waals surface area (Å²) in [6.45, 7) is 7.71. The molecule has 1 heterocycles. The Morgan fingerprint density at radius 3 is 1.35 bits per heavy atom. The van der Waals surface area contributed by atoms with Crippen LogP contribution in [-0.4, -0.2) is 25.1 Å². The second-order valence-electron chi connectivity index (χ2n) is 7.83. The van der Waals surface area contributed by atoms with E-state index in [0.29, 0.717) is 6.71 Å². The fourth-order valence-corrected chi connectivity index (χ4v) is 17.5. The van der Waals surface area contributed by atoms with Crippen molar-refractivity contribution in [3.05, 3.63) is 82.7 Å². The van der Waals surface area contributed by atoms with Crippen molar-refractivity contribution in [1.29, 1.82) is 0 Å². The SMILES string of the molecule is CCB1C(CC)=[C](c2ccccc2)[Sn]([CH3])([CH3])[C](c2ccccc2)=C1CC. The number of rotatable bonds is 5. The summed E-state index contributed by atoms with van der Waals surface area (Å²) in [7, 11) is 0. The average molecular weight is 449 g/mol. The first kappa shape index (κ1) is 19.5. The van der Waals surface area contributed by atoms with Crippen molar-refractivity contribution in [3.63, 3.8) is 0 Å². The molecule has 0 bridgehead atoms. The number of benzene rings is 2. The molecule has 0 N–H and O–H groups in total. The molecule has 1 aliphatic heterocycles. The average Bonchev–Trinajstić information content (AvgIpc) is 2.67. The summed E-state index contributed by atoms with van der Waals surface area (Å²) in [4.78, 5) is 5.27. The summed E-state index contributed by atoms with van der Waals surface area (Å²) in [5.74, 6) is 0. The minimum atomic E-state index is -2.72. The molecular formula is C24H31BSn. The fraction of sp³-hybridized carbons (Fsp3) is 0.333. The zero-order valence-corrected chi connectivity index (χ0v) is 19.8. The molecule has 2 aromatic carbocycles. The Kier molecular flexibility index (Phi) is 6.17. The number of hydrogen-bond acceptors (Lipinski definition) is 0. The van der Waals surface area contributed by atoms with Crippen LogP contribution < -0.4 is 0 Å². The van der Waals surface area contributed by atoms with Crippen molar-refractivity contribution in [3.8, 4) is 0 Å². The fourth-order valence-electron chi connectivity index (χ4n) is 5.13. The second kappa shape index (κ2) is 8.21. The summed E-state index contributed by atoms with van der Waals surface area (Å²) in [6, 6.07) is 22.5. The molecule has 2 heteroatoms. The first-order chi connectivity index (χ1) is 12.6. The predicted molar refractivity (Wildman–Crippen MR) is 121 cm³/mol. The van der Waals surface area contributed by atoms with E-state index < -0.39 is 18.4 Å². The van der Waals surface area contributed by atoms with Gasteiger partial charge >= 0.3 is 165 Å². The second-order valence-corrected chi connectivity index (χ2v) is 20.0. The van der Waals surface area contributed by atoms with Gasteiger partial charge in [-0.1, -0.05) is 0 Å². The molecule has 0 amide bonds. The van der Waals surface area contributed by atoms with Crippen molar-refractivity contribution in [2.24, 2.45) is 0 Å². The summed E-state index contributed by atoms with van der Waals surface area (Å²) in [6.07, 6.45) is 3.56. The van der Waals surface area contributed by atoms with Crippen LogP contribution >= 0.6 is 0 Å². The Hall–Kier alpha value is -1.22. The monoisotopic (exact) mass is 450 g/mol. The van der Waals surface area contributed by atoms with Gasteiger partial charge in [0.2, 0.25) is 0 Å². The van der Waals surface area contributed by atoms with Gasteiger partial charge in [0, 0.05) is 0 Å². The van der Waals surface area contributed by atoms with Gasteiger partial charge < -0.3 is 0 Å². The third-order valence-electron chi connectivity index (χ3n) is 6.03. The number of hydrogen-bond donors (Lipinski definition) is 0. The van der Waals surface area contributed by atoms with Crippen molar-refractivity contribution in [1.82, 2.24) is 0 Å². The summed E-state index contributed by atoms with van der Waals surface area (Å²) in [5, 5.41) is 0. The molecule has 0 aliphatic carbocycles. The minimum absolute atomic E-state index is 0.611. The van der Waals surface area contributed by atoms with Crippen LogP contribution in [0.5, 0.6) is 0 Å². The first-order valence-electron chi connectivity index (χ1n) is 10.1. The van der Waals surface area contributed by atoms with Crippen LogP contribution in [0, 0.1) is 0 Å². The third-order valence-corrected chi connectivity index (χ3v) is 16.6. The molecule has 134 valence electrons. The molecule has 0 saturated carbocycles. The van der Waals surface area contributed by atoms with Crippen LogP contribution in [-0.2, 0) is 0 Å². The zero-order valence-electron chi connectivity index (χ0n) is 17.0. The molecule has 0 saturated heterocycles. The van der Waals surface area contributed by atoms with Gasteiger partial charge in [0.1, 0.15) is 0 Å². The quantitative estimate of drug-likeness (QED) is 0.427. The van der Waals surface area contributed by atoms with Gasteiger partial charge in [-0.25, -0.2) is 0 Å². The predicted octanol–water partition coefficient (Wildman–Crippen LogP) is 7.11. The van der Waals surface area contributed by atoms with Crippen molar-refractivity contribution in [2.75, 3.05) is 0 Å². The molecule has 0 unspecified atom stereocenters. The molecule has 0 nitrogen and oxygen atoms in total. The maximum absolute atomic E-state index is 2.72. The zero-order chi connectivity index (χ0) is 18.7. The Morgan fingerprint density at radius 1 is 0.654 bits per heavy atom. The van der Waals surface area contributed by atoms with Crippen LogP contribution in [0.3, 0.4) is 0 Å². The molecule has 0 radical (unpaired) electrons. The molecule has 26 heavy (non-hydrogen) atoms. The van der Waals surface area contributed by atoms with Gasteiger partial charge in [0.25, 0.3) is 0 Å². The van der Waals surface area contributed by atoms with Gasteiger partial charge in [0.05, 0.1) is 0 Å². The van der Waals surface area contributed by atoms with E-state index in [0.717, 1.165) is 0 Å². The van der Waals surface area contributed by atoms with Gasteiger partial charge in [-0.15, -0.1) is 0 Å². The normalized spacial score (nSPS) is 17.0. The summed E-state index contributed by atoms with van der Waals surface area (Å²) >= 11 is -2.72. The molecule has 0 fully saturated rings. The molecule has 1 aliphatic rings. The van der Waals surface area contributed by atoms with E-state index in [4.69, 9.17) is 0 Å². The van der Waals surface area contributed by atoms with Crippen LogP contribution in [0.2, 0.25) is 16.2 Å². The summed E-state index contributed by atoms with van der Waals surface area (Å²) in [5.41, 5.74) is 6.42. The van der Waals surface area contributed by atoms with E-state index in [1.165, 1.54) is 30.3 Å². The van der Waals surface area contributed by atoms with Crippen molar-refractivity contribution in [2.45, 2.75) is 49.8 Å². The Balaban J connectivity index is 2.32. The maximum atomic E-state index is 2.64. The topological polar surface area (TPSA) is 0 Å². The molecular weight excluding hydrogens is 418 g/mol. The number of allylic oxidation sites excluding steroid dienone is 2. The van der Waals surface area contributed by atoms with Crippen LogP contribution in [0.15, 0.2) is 71.6 Å². The standard InChI is InChI=1S/C22H25B.2CH3.Sn/c1-4-21(17-19-13-9-7-10-14-19)23(6-3)22(5-2)18-20-15-11-8-12-16-20;;;/h7-16H,4-6H2,1-3H3;2*1H3;. The van der Waals surface area contributed by atoms with E-state index in [-0.39, 0.29) is 0 Å². The third kappa shape index (κ3) is 3.35. The Morgan fingerprint density at radius 2 is 1.04 bits per heavy atom. The molecule has 0 aromatic heterocycles. The molecule has 3 rings (SSSR count). The van der Waals surface area contributed by atoms with Gasteiger partial charge in [-0.3, -0.25) is 0 Å². The Bertz CT molecular complexity index is 748. The van der Waals surface area contributed by atoms with Gasteiger partial charge in [-0.2, -0.15) is 0 Å².